The molecule has 1 aliphatic rings. The molecule has 0 unspecified atom stereocenters. The normalized spacial score (nSPS) is 17.9. The van der Waals surface area contributed by atoms with Crippen molar-refractivity contribution in [2.24, 2.45) is 0 Å². The number of amides is 1. The highest BCUT2D eigenvalue weighted by Gasteiger charge is 2.35. The van der Waals surface area contributed by atoms with Crippen molar-refractivity contribution in [2.45, 2.75) is 51.1 Å². The summed E-state index contributed by atoms with van der Waals surface area (Å²) >= 11 is 5.99. The average Bonchev–Trinajstić information content (AvgIpc) is 2.96. The molecule has 4 nitrogen and oxygen atoms in total. The molecule has 2 N–H and O–H groups in total. The van der Waals surface area contributed by atoms with Crippen molar-refractivity contribution in [3.8, 4) is 0 Å². The van der Waals surface area contributed by atoms with Gasteiger partial charge in [-0.05, 0) is 32.8 Å². The summed E-state index contributed by atoms with van der Waals surface area (Å²) in [7, 11) is 0. The summed E-state index contributed by atoms with van der Waals surface area (Å²) in [6.45, 7) is 4.00. The molecule has 1 aliphatic carbocycles. The first-order valence-electron chi connectivity index (χ1n) is 6.78. The van der Waals surface area contributed by atoms with Crippen LogP contribution in [0.2, 0.25) is 5.02 Å². The quantitative estimate of drug-likeness (QED) is 0.893. The molecule has 19 heavy (non-hydrogen) atoms. The second-order valence-corrected chi connectivity index (χ2v) is 6.08. The smallest absolute Gasteiger partial charge is 0.268 e. The fourth-order valence-electron chi connectivity index (χ4n) is 2.73. The van der Waals surface area contributed by atoms with Crippen molar-refractivity contribution in [1.82, 2.24) is 9.88 Å². The minimum Gasteiger partial charge on any atom is -0.394 e. The Bertz CT molecular complexity index is 462. The fourth-order valence-corrected chi connectivity index (χ4v) is 2.94. The number of hydrogen-bond donors (Lipinski definition) is 2. The van der Waals surface area contributed by atoms with Gasteiger partial charge in [-0.25, -0.2) is 0 Å². The van der Waals surface area contributed by atoms with Gasteiger partial charge in [0, 0.05) is 12.2 Å². The Balaban J connectivity index is 2.20. The van der Waals surface area contributed by atoms with Crippen LogP contribution >= 0.6 is 11.6 Å². The summed E-state index contributed by atoms with van der Waals surface area (Å²) in [6, 6.07) is 1.85. The molecule has 1 aromatic heterocycles. The zero-order valence-electron chi connectivity index (χ0n) is 11.4. The highest BCUT2D eigenvalue weighted by atomic mass is 35.5. The Kier molecular flexibility index (Phi) is 4.21. The van der Waals surface area contributed by atoms with E-state index < -0.39 is 5.54 Å². The SMILES string of the molecule is CC(C)n1cc(Cl)cc1C(=O)NC1(CO)CCCC1. The number of aliphatic hydroxyl groups is 1. The summed E-state index contributed by atoms with van der Waals surface area (Å²) in [4.78, 5) is 12.4. The molecule has 0 aromatic carbocycles. The number of aliphatic hydroxyl groups excluding tert-OH is 1. The number of carbonyl (C=O) groups is 1. The average molecular weight is 285 g/mol. The van der Waals surface area contributed by atoms with E-state index in [0.717, 1.165) is 25.7 Å². The first kappa shape index (κ1) is 14.4. The Morgan fingerprint density at radius 2 is 2.16 bits per heavy atom. The van der Waals surface area contributed by atoms with Crippen LogP contribution in [0.15, 0.2) is 12.3 Å². The maximum absolute atomic E-state index is 12.4. The first-order chi connectivity index (χ1) is 8.97. The molecule has 1 heterocycles. The molecule has 0 spiro atoms. The van der Waals surface area contributed by atoms with Crippen LogP contribution in [0.1, 0.15) is 56.1 Å². The summed E-state index contributed by atoms with van der Waals surface area (Å²) in [6.07, 6.45) is 5.54. The highest BCUT2D eigenvalue weighted by Crippen LogP contribution is 2.30. The number of nitrogens with zero attached hydrogens (tertiary/aromatic N) is 1. The maximum atomic E-state index is 12.4. The van der Waals surface area contributed by atoms with Crippen LogP contribution in [0.5, 0.6) is 0 Å². The molecule has 0 saturated heterocycles. The number of nitrogens with one attached hydrogen (secondary N) is 1. The molecule has 1 amide bonds. The van der Waals surface area contributed by atoms with E-state index in [4.69, 9.17) is 11.6 Å². The molecule has 106 valence electrons. The van der Waals surface area contributed by atoms with Crippen LogP contribution < -0.4 is 5.32 Å². The molecular weight excluding hydrogens is 264 g/mol. The van der Waals surface area contributed by atoms with Crippen LogP contribution in [-0.2, 0) is 0 Å². The standard InChI is InChI=1S/C14H21ClN2O2/c1-10(2)17-8-11(15)7-12(17)13(19)16-14(9-18)5-3-4-6-14/h7-8,10,18H,3-6,9H2,1-2H3,(H,16,19). The predicted molar refractivity (Wildman–Crippen MR) is 75.6 cm³/mol. The topological polar surface area (TPSA) is 54.3 Å². The van der Waals surface area contributed by atoms with Gasteiger partial charge in [0.1, 0.15) is 5.69 Å². The van der Waals surface area contributed by atoms with Crippen LogP contribution in [0, 0.1) is 0 Å². The largest absolute Gasteiger partial charge is 0.394 e. The molecule has 1 aromatic rings. The third-order valence-electron chi connectivity index (χ3n) is 3.85. The lowest BCUT2D eigenvalue weighted by molar-refractivity contribution is 0.0827. The lowest BCUT2D eigenvalue weighted by atomic mass is 9.99. The third-order valence-corrected chi connectivity index (χ3v) is 4.05. The summed E-state index contributed by atoms with van der Waals surface area (Å²) < 4.78 is 1.86. The Morgan fingerprint density at radius 3 is 2.68 bits per heavy atom. The second kappa shape index (κ2) is 5.55. The van der Waals surface area contributed by atoms with E-state index in [9.17, 15) is 9.90 Å². The van der Waals surface area contributed by atoms with Gasteiger partial charge >= 0.3 is 0 Å². The summed E-state index contributed by atoms with van der Waals surface area (Å²) in [5.74, 6) is -0.156. The molecule has 0 radical (unpaired) electrons. The Labute approximate surface area is 118 Å². The van der Waals surface area contributed by atoms with Crippen LogP contribution in [0.3, 0.4) is 0 Å². The van der Waals surface area contributed by atoms with Crippen molar-refractivity contribution in [3.63, 3.8) is 0 Å². The molecular formula is C14H21ClN2O2. The van der Waals surface area contributed by atoms with E-state index in [1.54, 1.807) is 12.3 Å². The van der Waals surface area contributed by atoms with Crippen molar-refractivity contribution in [2.75, 3.05) is 6.61 Å². The molecule has 1 fully saturated rings. The predicted octanol–water partition coefficient (Wildman–Crippen LogP) is 2.76. The van der Waals surface area contributed by atoms with Crippen molar-refractivity contribution in [1.29, 1.82) is 0 Å². The van der Waals surface area contributed by atoms with Crippen molar-refractivity contribution < 1.29 is 9.90 Å². The number of carbonyl (C=O) groups excluding carboxylic acids is 1. The van der Waals surface area contributed by atoms with E-state index in [1.165, 1.54) is 0 Å². The van der Waals surface area contributed by atoms with Gasteiger partial charge in [-0.3, -0.25) is 4.79 Å². The maximum Gasteiger partial charge on any atom is 0.268 e. The van der Waals surface area contributed by atoms with E-state index in [2.05, 4.69) is 5.32 Å². The molecule has 0 atom stereocenters. The van der Waals surface area contributed by atoms with E-state index >= 15 is 0 Å². The monoisotopic (exact) mass is 284 g/mol. The number of aromatic nitrogens is 1. The first-order valence-corrected chi connectivity index (χ1v) is 7.16. The van der Waals surface area contributed by atoms with Gasteiger partial charge in [0.25, 0.3) is 5.91 Å². The Hall–Kier alpha value is -1.00. The van der Waals surface area contributed by atoms with Gasteiger partial charge in [-0.2, -0.15) is 0 Å². The van der Waals surface area contributed by atoms with Gasteiger partial charge in [0.2, 0.25) is 0 Å². The van der Waals surface area contributed by atoms with Gasteiger partial charge in [-0.15, -0.1) is 0 Å². The van der Waals surface area contributed by atoms with E-state index in [0.29, 0.717) is 10.7 Å². The number of rotatable bonds is 4. The molecule has 5 heteroatoms. The second-order valence-electron chi connectivity index (χ2n) is 5.64. The Morgan fingerprint density at radius 1 is 1.53 bits per heavy atom. The third kappa shape index (κ3) is 2.95. The zero-order chi connectivity index (χ0) is 14.0. The van der Waals surface area contributed by atoms with E-state index in [1.807, 2.05) is 18.4 Å². The van der Waals surface area contributed by atoms with E-state index in [-0.39, 0.29) is 18.6 Å². The van der Waals surface area contributed by atoms with Crippen molar-refractivity contribution >= 4 is 17.5 Å². The number of hydrogen-bond acceptors (Lipinski definition) is 2. The minimum absolute atomic E-state index is 0.00510. The van der Waals surface area contributed by atoms with Gasteiger partial charge in [0.15, 0.2) is 0 Å². The number of halogens is 1. The summed E-state index contributed by atoms with van der Waals surface area (Å²) in [5, 5.41) is 13.1. The van der Waals surface area contributed by atoms with Gasteiger partial charge in [-0.1, -0.05) is 24.4 Å². The van der Waals surface area contributed by atoms with Crippen molar-refractivity contribution in [3.05, 3.63) is 23.0 Å². The summed E-state index contributed by atoms with van der Waals surface area (Å²) in [5.41, 5.74) is 0.107. The van der Waals surface area contributed by atoms with Crippen LogP contribution in [0.25, 0.3) is 0 Å². The molecule has 2 rings (SSSR count). The van der Waals surface area contributed by atoms with Crippen LogP contribution in [-0.4, -0.2) is 27.7 Å². The molecule has 0 aliphatic heterocycles. The van der Waals surface area contributed by atoms with Crippen LogP contribution in [0.4, 0.5) is 0 Å². The highest BCUT2D eigenvalue weighted by molar-refractivity contribution is 6.31. The fraction of sp³-hybridized carbons (Fsp3) is 0.643. The lowest BCUT2D eigenvalue weighted by Crippen LogP contribution is -2.49. The zero-order valence-corrected chi connectivity index (χ0v) is 12.2. The lowest BCUT2D eigenvalue weighted by Gasteiger charge is -2.28. The molecule has 0 bridgehead atoms. The minimum atomic E-state index is -0.449. The van der Waals surface area contributed by atoms with Gasteiger partial charge < -0.3 is 15.0 Å². The van der Waals surface area contributed by atoms with Gasteiger partial charge in [0.05, 0.1) is 17.2 Å². The molecule has 1 saturated carbocycles.